The minimum absolute atomic E-state index is 0.164. The van der Waals surface area contributed by atoms with Gasteiger partial charge in [0.2, 0.25) is 10.0 Å². The molecule has 1 aromatic carbocycles. The van der Waals surface area contributed by atoms with Crippen molar-refractivity contribution < 1.29 is 13.2 Å². The minimum Gasteiger partial charge on any atom is -0.490 e. The van der Waals surface area contributed by atoms with Gasteiger partial charge in [0.15, 0.2) is 0 Å². The number of para-hydroxylation sites is 1. The lowest BCUT2D eigenvalue weighted by atomic mass is 9.81. The van der Waals surface area contributed by atoms with Gasteiger partial charge in [0.05, 0.1) is 48.0 Å². The maximum atomic E-state index is 12.6. The summed E-state index contributed by atoms with van der Waals surface area (Å²) in [4.78, 5) is 3.42. The molecule has 0 spiro atoms. The van der Waals surface area contributed by atoms with Crippen molar-refractivity contribution in [3.63, 3.8) is 0 Å². The van der Waals surface area contributed by atoms with Crippen molar-refractivity contribution in [2.75, 3.05) is 17.1 Å². The molecule has 1 aromatic heterocycles. The third kappa shape index (κ3) is 3.97. The van der Waals surface area contributed by atoms with Crippen LogP contribution < -0.4 is 19.7 Å². The second kappa shape index (κ2) is 8.41. The normalized spacial score (nSPS) is 23.0. The van der Waals surface area contributed by atoms with E-state index in [0.717, 1.165) is 53.3 Å². The van der Waals surface area contributed by atoms with Gasteiger partial charge in [-0.05, 0) is 55.4 Å². The number of hydrogen-bond donors (Lipinski definition) is 1. The Balaban J connectivity index is 1.52. The second-order valence-electron chi connectivity index (χ2n) is 8.45. The molecule has 1 N–H and O–H groups in total. The minimum atomic E-state index is -3.50. The molecule has 1 saturated carbocycles. The van der Waals surface area contributed by atoms with Crippen LogP contribution in [0.1, 0.15) is 31.2 Å². The molecule has 9 heteroatoms. The Morgan fingerprint density at radius 2 is 1.91 bits per heavy atom. The van der Waals surface area contributed by atoms with E-state index in [2.05, 4.69) is 15.2 Å². The number of ether oxygens (including phenoxy) is 1. The molecular weight excluding hydrogens is 448 g/mol. The van der Waals surface area contributed by atoms with Crippen LogP contribution in [0.3, 0.4) is 0 Å². The van der Waals surface area contributed by atoms with Crippen LogP contribution in [0.25, 0.3) is 11.8 Å². The Morgan fingerprint density at radius 3 is 2.62 bits per heavy atom. The summed E-state index contributed by atoms with van der Waals surface area (Å²) in [5.74, 6) is 1.10. The van der Waals surface area contributed by atoms with Crippen LogP contribution in [0.2, 0.25) is 0 Å². The van der Waals surface area contributed by atoms with E-state index in [1.807, 2.05) is 30.3 Å². The van der Waals surface area contributed by atoms with Crippen LogP contribution in [-0.4, -0.2) is 32.3 Å². The molecule has 168 valence electrons. The van der Waals surface area contributed by atoms with E-state index in [-0.39, 0.29) is 18.6 Å². The Morgan fingerprint density at radius 1 is 1.16 bits per heavy atom. The molecule has 0 atom stereocenters. The monoisotopic (exact) mass is 472 g/mol. The highest BCUT2D eigenvalue weighted by atomic mass is 35.5. The second-order valence-corrected chi connectivity index (χ2v) is 10.8. The summed E-state index contributed by atoms with van der Waals surface area (Å²) in [5.41, 5.74) is 2.48. The summed E-state index contributed by atoms with van der Waals surface area (Å²) in [6.45, 7) is 0.536. The molecule has 1 fully saturated rings. The summed E-state index contributed by atoms with van der Waals surface area (Å²) in [5, 5.41) is 10.3. The number of benzene rings is 1. The largest absolute Gasteiger partial charge is 0.490 e. The van der Waals surface area contributed by atoms with Gasteiger partial charge >= 0.3 is 0 Å². The maximum absolute atomic E-state index is 12.6. The van der Waals surface area contributed by atoms with E-state index >= 15 is 0 Å². The first kappa shape index (κ1) is 21.3. The Bertz CT molecular complexity index is 1310. The first-order chi connectivity index (χ1) is 15.4. The molecule has 1 aliphatic carbocycles. The van der Waals surface area contributed by atoms with E-state index in [9.17, 15) is 8.42 Å². The first-order valence-electron chi connectivity index (χ1n) is 10.8. The van der Waals surface area contributed by atoms with Crippen molar-refractivity contribution in [2.24, 2.45) is 16.1 Å². The van der Waals surface area contributed by atoms with Gasteiger partial charge in [-0.15, -0.1) is 0 Å². The van der Waals surface area contributed by atoms with Crippen LogP contribution in [0.4, 0.5) is 5.69 Å². The summed E-state index contributed by atoms with van der Waals surface area (Å²) in [7, 11) is -3.50. The average Bonchev–Trinajstić information content (AvgIpc) is 3.06. The number of halogens is 1. The molecule has 0 unspecified atom stereocenters. The van der Waals surface area contributed by atoms with Crippen molar-refractivity contribution in [1.29, 1.82) is 0 Å². The quantitative estimate of drug-likeness (QED) is 0.739. The van der Waals surface area contributed by atoms with Gasteiger partial charge in [0, 0.05) is 10.6 Å². The number of aromatic nitrogens is 1. The standard InChI is InChI=1S/C23H25ClN4O3S/c1-32(29,30)28-12-11-19(24)21(22-23(28)18-13-25-26-14-20(18)27-22)15-7-9-17(10-8-15)31-16-5-3-2-4-6-16/h2-6,11,14-15,17,27H,7-10,12-13H2,1H3/t15-,17-. The summed E-state index contributed by atoms with van der Waals surface area (Å²) in [6, 6.07) is 9.89. The molecule has 2 aromatic rings. The predicted molar refractivity (Wildman–Crippen MR) is 125 cm³/mol. The maximum Gasteiger partial charge on any atom is 0.232 e. The zero-order chi connectivity index (χ0) is 22.3. The van der Waals surface area contributed by atoms with Gasteiger partial charge < -0.3 is 9.72 Å². The van der Waals surface area contributed by atoms with Gasteiger partial charge in [-0.3, -0.25) is 4.31 Å². The smallest absolute Gasteiger partial charge is 0.232 e. The highest BCUT2D eigenvalue weighted by Crippen LogP contribution is 2.38. The lowest BCUT2D eigenvalue weighted by molar-refractivity contribution is 0.143. The van der Waals surface area contributed by atoms with Crippen molar-refractivity contribution >= 4 is 39.1 Å². The molecular formula is C23H25ClN4O3S. The number of hydrogen-bond acceptors (Lipinski definition) is 5. The number of allylic oxidation sites excluding steroid dienone is 1. The number of azo groups is 1. The molecule has 7 nitrogen and oxygen atoms in total. The fourth-order valence-corrected chi connectivity index (χ4v) is 6.04. The van der Waals surface area contributed by atoms with E-state index in [1.54, 1.807) is 12.3 Å². The fourth-order valence-electron chi connectivity index (χ4n) is 4.84. The van der Waals surface area contributed by atoms with Gasteiger partial charge in [0.25, 0.3) is 0 Å². The molecule has 32 heavy (non-hydrogen) atoms. The van der Waals surface area contributed by atoms with Crippen molar-refractivity contribution in [3.05, 3.63) is 57.7 Å². The number of H-pyrrole nitrogens is 1. The summed E-state index contributed by atoms with van der Waals surface area (Å²) < 4.78 is 32.9. The number of rotatable bonds is 4. The molecule has 0 amide bonds. The highest BCUT2D eigenvalue weighted by molar-refractivity contribution is 7.92. The van der Waals surface area contributed by atoms with Crippen LogP contribution in [0.15, 0.2) is 51.7 Å². The molecule has 5 rings (SSSR count). The predicted octanol–water partition coefficient (Wildman–Crippen LogP) is 3.41. The number of sulfonamides is 1. The number of aromatic amines is 1. The molecule has 3 aliphatic rings. The van der Waals surface area contributed by atoms with E-state index in [4.69, 9.17) is 16.3 Å². The van der Waals surface area contributed by atoms with Crippen LogP contribution in [0, 0.1) is 5.92 Å². The fraction of sp³-hybridized carbons (Fsp3) is 0.391. The number of fused-ring (bicyclic) bond motifs is 3. The molecule has 2 aliphatic heterocycles. The lowest BCUT2D eigenvalue weighted by Gasteiger charge is -2.30. The molecule has 0 radical (unpaired) electrons. The van der Waals surface area contributed by atoms with Gasteiger partial charge in [0.1, 0.15) is 5.75 Å². The Hall–Kier alpha value is -2.58. The third-order valence-electron chi connectivity index (χ3n) is 6.35. The van der Waals surface area contributed by atoms with Gasteiger partial charge in [-0.1, -0.05) is 29.8 Å². The van der Waals surface area contributed by atoms with Gasteiger partial charge in [-0.25, -0.2) is 8.42 Å². The Kier molecular flexibility index (Phi) is 5.59. The first-order valence-corrected chi connectivity index (χ1v) is 13.0. The van der Waals surface area contributed by atoms with Crippen molar-refractivity contribution in [3.8, 4) is 5.75 Å². The molecule has 0 saturated heterocycles. The van der Waals surface area contributed by atoms with Crippen LogP contribution in [0.5, 0.6) is 5.75 Å². The average molecular weight is 473 g/mol. The van der Waals surface area contributed by atoms with E-state index in [0.29, 0.717) is 17.3 Å². The van der Waals surface area contributed by atoms with E-state index in [1.165, 1.54) is 10.6 Å². The number of nitrogens with zero attached hydrogens (tertiary/aromatic N) is 3. The molecule has 3 heterocycles. The highest BCUT2D eigenvalue weighted by Gasteiger charge is 2.32. The Labute approximate surface area is 192 Å². The van der Waals surface area contributed by atoms with Crippen LogP contribution in [-0.2, 0) is 16.6 Å². The van der Waals surface area contributed by atoms with Crippen LogP contribution >= 0.6 is 11.6 Å². The van der Waals surface area contributed by atoms with Crippen molar-refractivity contribution in [2.45, 2.75) is 38.3 Å². The van der Waals surface area contributed by atoms with Crippen molar-refractivity contribution in [1.82, 2.24) is 4.98 Å². The zero-order valence-corrected chi connectivity index (χ0v) is 19.4. The SMILES string of the molecule is CS(=O)(=O)N1CC=C(Cl)C([C@H]2CC[C@H](Oc3ccccc3)CC2)=c2[nH]c3c(c21)CN=NC=3. The van der Waals surface area contributed by atoms with Gasteiger partial charge in [-0.2, -0.15) is 10.2 Å². The molecule has 0 bridgehead atoms. The third-order valence-corrected chi connectivity index (χ3v) is 7.84. The topological polar surface area (TPSA) is 87.1 Å². The summed E-state index contributed by atoms with van der Waals surface area (Å²) >= 11 is 6.79. The van der Waals surface area contributed by atoms with E-state index < -0.39 is 10.0 Å². The number of nitrogens with one attached hydrogen (secondary N) is 1. The zero-order valence-electron chi connectivity index (χ0n) is 17.8. The lowest BCUT2D eigenvalue weighted by Crippen LogP contribution is -2.34. The number of anilines is 1. The summed E-state index contributed by atoms with van der Waals surface area (Å²) in [6.07, 6.45) is 8.49.